The first kappa shape index (κ1) is 11.9. The number of H-pyrrole nitrogens is 1. The summed E-state index contributed by atoms with van der Waals surface area (Å²) in [5.41, 5.74) is 2.18. The van der Waals surface area contributed by atoms with Gasteiger partial charge < -0.3 is 9.88 Å². The molecule has 20 heavy (non-hydrogen) atoms. The number of carbonyl (C=O) groups is 1. The van der Waals surface area contributed by atoms with E-state index in [1.54, 1.807) is 0 Å². The summed E-state index contributed by atoms with van der Waals surface area (Å²) in [5, 5.41) is 1.16. The standard InChI is InChI=1S/C16H19N3O/c20-16(11-5-6-11)19-8-2-4-13(10-19)14-9-12-3-1-7-17-15(12)18-14/h1,3,7,9,11,13H,2,4-6,8,10H2,(H,17,18). The lowest BCUT2D eigenvalue weighted by Gasteiger charge is -2.32. The Morgan fingerprint density at radius 2 is 2.25 bits per heavy atom. The van der Waals surface area contributed by atoms with Crippen LogP contribution in [0.4, 0.5) is 0 Å². The highest BCUT2D eigenvalue weighted by Crippen LogP contribution is 2.34. The largest absolute Gasteiger partial charge is 0.343 e. The molecule has 2 aromatic heterocycles. The summed E-state index contributed by atoms with van der Waals surface area (Å²) in [6, 6.07) is 6.24. The van der Waals surface area contributed by atoms with E-state index in [0.29, 0.717) is 17.7 Å². The molecule has 0 radical (unpaired) electrons. The second kappa shape index (κ2) is 4.62. The molecule has 1 aliphatic heterocycles. The van der Waals surface area contributed by atoms with Crippen molar-refractivity contribution in [3.63, 3.8) is 0 Å². The molecule has 4 rings (SSSR count). The Morgan fingerprint density at radius 1 is 1.35 bits per heavy atom. The number of piperidine rings is 1. The molecule has 1 saturated heterocycles. The molecule has 1 N–H and O–H groups in total. The smallest absolute Gasteiger partial charge is 0.225 e. The number of nitrogens with zero attached hydrogens (tertiary/aromatic N) is 2. The normalized spacial score (nSPS) is 23.2. The molecular weight excluding hydrogens is 250 g/mol. The van der Waals surface area contributed by atoms with Gasteiger partial charge in [0.25, 0.3) is 0 Å². The van der Waals surface area contributed by atoms with E-state index in [1.807, 2.05) is 12.3 Å². The molecule has 4 nitrogen and oxygen atoms in total. The first-order valence-corrected chi connectivity index (χ1v) is 7.54. The van der Waals surface area contributed by atoms with Gasteiger partial charge in [0.15, 0.2) is 0 Å². The van der Waals surface area contributed by atoms with E-state index >= 15 is 0 Å². The number of pyridine rings is 1. The highest BCUT2D eigenvalue weighted by atomic mass is 16.2. The van der Waals surface area contributed by atoms with Gasteiger partial charge in [-0.2, -0.15) is 0 Å². The van der Waals surface area contributed by atoms with Gasteiger partial charge in [-0.15, -0.1) is 0 Å². The van der Waals surface area contributed by atoms with Crippen molar-refractivity contribution in [3.8, 4) is 0 Å². The number of hydrogen-bond donors (Lipinski definition) is 1. The molecule has 104 valence electrons. The van der Waals surface area contributed by atoms with Gasteiger partial charge in [-0.3, -0.25) is 4.79 Å². The highest BCUT2D eigenvalue weighted by Gasteiger charge is 2.35. The second-order valence-corrected chi connectivity index (χ2v) is 6.06. The molecule has 1 unspecified atom stereocenters. The van der Waals surface area contributed by atoms with Crippen LogP contribution in [0.5, 0.6) is 0 Å². The number of amides is 1. The summed E-state index contributed by atoms with van der Waals surface area (Å²) >= 11 is 0. The SMILES string of the molecule is O=C(C1CC1)N1CCCC(c2cc3cccnc3[nH]2)C1. The van der Waals surface area contributed by atoms with E-state index in [9.17, 15) is 4.79 Å². The third-order valence-corrected chi connectivity index (χ3v) is 4.51. The number of aromatic amines is 1. The van der Waals surface area contributed by atoms with Crippen LogP contribution in [0.15, 0.2) is 24.4 Å². The molecule has 4 heteroatoms. The van der Waals surface area contributed by atoms with Gasteiger partial charge in [-0.25, -0.2) is 4.98 Å². The van der Waals surface area contributed by atoms with Crippen LogP contribution in [-0.2, 0) is 4.79 Å². The van der Waals surface area contributed by atoms with Crippen molar-refractivity contribution < 1.29 is 4.79 Å². The minimum Gasteiger partial charge on any atom is -0.343 e. The van der Waals surface area contributed by atoms with E-state index in [0.717, 1.165) is 49.8 Å². The Bertz CT molecular complexity index is 611. The van der Waals surface area contributed by atoms with Gasteiger partial charge in [0.2, 0.25) is 5.91 Å². The number of fused-ring (bicyclic) bond motifs is 1. The summed E-state index contributed by atoms with van der Waals surface area (Å²) < 4.78 is 0. The van der Waals surface area contributed by atoms with Crippen molar-refractivity contribution in [2.24, 2.45) is 5.92 Å². The van der Waals surface area contributed by atoms with Crippen LogP contribution < -0.4 is 0 Å². The predicted octanol–water partition coefficient (Wildman–Crippen LogP) is 2.68. The van der Waals surface area contributed by atoms with Gasteiger partial charge in [0, 0.05) is 42.2 Å². The number of aromatic nitrogens is 2. The fourth-order valence-electron chi connectivity index (χ4n) is 3.22. The third-order valence-electron chi connectivity index (χ3n) is 4.51. The van der Waals surface area contributed by atoms with Crippen molar-refractivity contribution in [1.82, 2.24) is 14.9 Å². The fourth-order valence-corrected chi connectivity index (χ4v) is 3.22. The van der Waals surface area contributed by atoms with Crippen LogP contribution in [0, 0.1) is 5.92 Å². The molecule has 2 aliphatic rings. The number of rotatable bonds is 2. The number of nitrogens with one attached hydrogen (secondary N) is 1. The number of likely N-dealkylation sites (tertiary alicyclic amines) is 1. The average molecular weight is 269 g/mol. The summed E-state index contributed by atoms with van der Waals surface area (Å²) in [7, 11) is 0. The first-order valence-electron chi connectivity index (χ1n) is 7.54. The zero-order valence-corrected chi connectivity index (χ0v) is 11.5. The zero-order chi connectivity index (χ0) is 13.5. The minimum absolute atomic E-state index is 0.332. The van der Waals surface area contributed by atoms with Gasteiger partial charge in [0.1, 0.15) is 5.65 Å². The van der Waals surface area contributed by atoms with E-state index in [-0.39, 0.29) is 0 Å². The van der Waals surface area contributed by atoms with Crippen LogP contribution >= 0.6 is 0 Å². The minimum atomic E-state index is 0.332. The molecule has 1 saturated carbocycles. The maximum Gasteiger partial charge on any atom is 0.225 e. The molecule has 3 heterocycles. The molecule has 1 atom stereocenters. The van der Waals surface area contributed by atoms with Crippen LogP contribution in [0.25, 0.3) is 11.0 Å². The first-order chi connectivity index (χ1) is 9.81. The lowest BCUT2D eigenvalue weighted by molar-refractivity contribution is -0.133. The fraction of sp³-hybridized carbons (Fsp3) is 0.500. The van der Waals surface area contributed by atoms with E-state index in [4.69, 9.17) is 0 Å². The van der Waals surface area contributed by atoms with Crippen molar-refractivity contribution in [3.05, 3.63) is 30.1 Å². The Balaban J connectivity index is 1.56. The molecule has 1 aliphatic carbocycles. The van der Waals surface area contributed by atoms with E-state index in [1.165, 1.54) is 5.69 Å². The van der Waals surface area contributed by atoms with E-state index < -0.39 is 0 Å². The molecule has 1 amide bonds. The number of hydrogen-bond acceptors (Lipinski definition) is 2. The van der Waals surface area contributed by atoms with Gasteiger partial charge in [0.05, 0.1) is 0 Å². The lowest BCUT2D eigenvalue weighted by atomic mass is 9.94. The maximum absolute atomic E-state index is 12.2. The Kier molecular flexibility index (Phi) is 2.76. The van der Waals surface area contributed by atoms with Crippen LogP contribution in [0.3, 0.4) is 0 Å². The highest BCUT2D eigenvalue weighted by molar-refractivity contribution is 5.81. The summed E-state index contributed by atoms with van der Waals surface area (Å²) in [6.45, 7) is 1.80. The number of carbonyl (C=O) groups excluding carboxylic acids is 1. The second-order valence-electron chi connectivity index (χ2n) is 6.06. The summed E-state index contributed by atoms with van der Waals surface area (Å²) in [4.78, 5) is 22.1. The molecule has 0 spiro atoms. The maximum atomic E-state index is 12.2. The zero-order valence-electron chi connectivity index (χ0n) is 11.5. The predicted molar refractivity (Wildman–Crippen MR) is 77.4 cm³/mol. The monoisotopic (exact) mass is 269 g/mol. The van der Waals surface area contributed by atoms with Crippen molar-refractivity contribution in [2.75, 3.05) is 13.1 Å². The van der Waals surface area contributed by atoms with E-state index in [2.05, 4.69) is 27.0 Å². The Labute approximate surface area is 118 Å². The Morgan fingerprint density at radius 3 is 3.05 bits per heavy atom. The van der Waals surface area contributed by atoms with Gasteiger partial charge >= 0.3 is 0 Å². The molecule has 2 fully saturated rings. The summed E-state index contributed by atoms with van der Waals surface area (Å²) in [6.07, 6.45) is 6.26. The van der Waals surface area contributed by atoms with Gasteiger partial charge in [-0.1, -0.05) is 0 Å². The quantitative estimate of drug-likeness (QED) is 0.911. The summed E-state index contributed by atoms with van der Waals surface area (Å²) in [5.74, 6) is 1.14. The van der Waals surface area contributed by atoms with Gasteiger partial charge in [-0.05, 0) is 43.9 Å². The van der Waals surface area contributed by atoms with Crippen molar-refractivity contribution >= 4 is 16.9 Å². The van der Waals surface area contributed by atoms with Crippen molar-refractivity contribution in [1.29, 1.82) is 0 Å². The third kappa shape index (κ3) is 2.09. The topological polar surface area (TPSA) is 49.0 Å². The molecule has 0 aromatic carbocycles. The lowest BCUT2D eigenvalue weighted by Crippen LogP contribution is -2.40. The van der Waals surface area contributed by atoms with Crippen molar-refractivity contribution in [2.45, 2.75) is 31.6 Å². The van der Waals surface area contributed by atoms with Crippen LogP contribution in [0.1, 0.15) is 37.3 Å². The molecule has 2 aromatic rings. The van der Waals surface area contributed by atoms with Crippen LogP contribution in [-0.4, -0.2) is 33.9 Å². The Hall–Kier alpha value is -1.84. The van der Waals surface area contributed by atoms with Crippen LogP contribution in [0.2, 0.25) is 0 Å². The average Bonchev–Trinajstić information content (AvgIpc) is 3.25. The molecule has 0 bridgehead atoms. The molecular formula is C16H19N3O.